The van der Waals surface area contributed by atoms with Gasteiger partial charge in [0.05, 0.1) is 0 Å². The summed E-state index contributed by atoms with van der Waals surface area (Å²) in [6.07, 6.45) is 2.47. The van der Waals surface area contributed by atoms with E-state index in [0.29, 0.717) is 6.42 Å². The molecular weight excluding hydrogens is 126 g/mol. The van der Waals surface area contributed by atoms with E-state index < -0.39 is 0 Å². The van der Waals surface area contributed by atoms with Crippen LogP contribution in [-0.4, -0.2) is 17.4 Å². The molecule has 0 aromatic carbocycles. The predicted molar refractivity (Wildman–Crippen MR) is 39.0 cm³/mol. The molecule has 2 nitrogen and oxygen atoms in total. The van der Waals surface area contributed by atoms with Crippen molar-refractivity contribution in [1.29, 1.82) is 0 Å². The van der Waals surface area contributed by atoms with Crippen molar-refractivity contribution in [3.05, 3.63) is 0 Å². The van der Waals surface area contributed by atoms with Crippen molar-refractivity contribution in [1.82, 2.24) is 4.90 Å². The van der Waals surface area contributed by atoms with Crippen LogP contribution in [0.2, 0.25) is 0 Å². The van der Waals surface area contributed by atoms with Crippen LogP contribution in [0.3, 0.4) is 0 Å². The second-order valence-electron chi connectivity index (χ2n) is 2.29. The molecule has 0 bridgehead atoms. The van der Waals surface area contributed by atoms with Gasteiger partial charge in [0.15, 0.2) is 0 Å². The van der Waals surface area contributed by atoms with E-state index in [1.54, 1.807) is 4.90 Å². The molecule has 0 radical (unpaired) electrons. The normalized spacial score (nSPS) is 16.9. The summed E-state index contributed by atoms with van der Waals surface area (Å²) in [7, 11) is 0. The molecule has 1 aliphatic heterocycles. The molecule has 1 saturated heterocycles. The Morgan fingerprint density at radius 2 is 2.50 bits per heavy atom. The summed E-state index contributed by atoms with van der Waals surface area (Å²) in [6.45, 7) is 2.80. The summed E-state index contributed by atoms with van der Waals surface area (Å²) in [6, 6.07) is 2.81. The Kier molecular flexibility index (Phi) is 2.33. The number of hydrogen-bond donors (Lipinski definition) is 0. The molecule has 0 unspecified atom stereocenters. The van der Waals surface area contributed by atoms with Crippen molar-refractivity contribution in [2.75, 3.05) is 6.54 Å². The lowest BCUT2D eigenvalue weighted by molar-refractivity contribution is -0.124. The average Bonchev–Trinajstić information content (AvgIpc) is 2.31. The summed E-state index contributed by atoms with van der Waals surface area (Å²) in [5.74, 6) is 3.06. The summed E-state index contributed by atoms with van der Waals surface area (Å²) in [4.78, 5) is 12.5. The van der Waals surface area contributed by atoms with E-state index in [-0.39, 0.29) is 5.91 Å². The van der Waals surface area contributed by atoms with Crippen molar-refractivity contribution in [2.24, 2.45) is 0 Å². The van der Waals surface area contributed by atoms with Crippen LogP contribution in [0.1, 0.15) is 26.2 Å². The molecule has 1 amide bonds. The van der Waals surface area contributed by atoms with Crippen LogP contribution in [-0.2, 0) is 4.79 Å². The predicted octanol–water partition coefficient (Wildman–Crippen LogP) is 0.980. The summed E-state index contributed by atoms with van der Waals surface area (Å²) in [5, 5.41) is 0. The maximum atomic E-state index is 10.9. The van der Waals surface area contributed by atoms with Gasteiger partial charge in [-0.05, 0) is 6.42 Å². The molecule has 1 fully saturated rings. The molecule has 0 N–H and O–H groups in total. The monoisotopic (exact) mass is 137 g/mol. The van der Waals surface area contributed by atoms with Gasteiger partial charge in [-0.2, -0.15) is 0 Å². The molecule has 0 aromatic rings. The van der Waals surface area contributed by atoms with Gasteiger partial charge >= 0.3 is 0 Å². The van der Waals surface area contributed by atoms with Gasteiger partial charge in [0.1, 0.15) is 0 Å². The number of carbonyl (C=O) groups is 1. The molecule has 0 atom stereocenters. The van der Waals surface area contributed by atoms with Gasteiger partial charge in [0.25, 0.3) is 0 Å². The molecule has 0 saturated carbocycles. The fourth-order valence-corrected chi connectivity index (χ4v) is 0.941. The third kappa shape index (κ3) is 1.51. The van der Waals surface area contributed by atoms with E-state index in [1.165, 1.54) is 0 Å². The molecule has 1 rings (SSSR count). The van der Waals surface area contributed by atoms with Crippen LogP contribution >= 0.6 is 0 Å². The first-order valence-corrected chi connectivity index (χ1v) is 3.63. The van der Waals surface area contributed by atoms with Crippen molar-refractivity contribution < 1.29 is 4.79 Å². The summed E-state index contributed by atoms with van der Waals surface area (Å²) < 4.78 is 0. The molecule has 0 spiro atoms. The largest absolute Gasteiger partial charge is 0.274 e. The van der Waals surface area contributed by atoms with Gasteiger partial charge < -0.3 is 0 Å². The third-order valence-corrected chi connectivity index (χ3v) is 1.46. The minimum absolute atomic E-state index is 0.181. The van der Waals surface area contributed by atoms with Gasteiger partial charge in [-0.25, -0.2) is 0 Å². The van der Waals surface area contributed by atoms with Crippen LogP contribution in [0.15, 0.2) is 0 Å². The van der Waals surface area contributed by atoms with Gasteiger partial charge in [-0.1, -0.05) is 12.8 Å². The number of hydrogen-bond acceptors (Lipinski definition) is 1. The van der Waals surface area contributed by atoms with Gasteiger partial charge in [-0.15, -0.1) is 0 Å². The Hall–Kier alpha value is -0.970. The minimum atomic E-state index is 0.181. The van der Waals surface area contributed by atoms with E-state index in [2.05, 4.69) is 12.0 Å². The number of rotatable bonds is 0. The van der Waals surface area contributed by atoms with E-state index in [4.69, 9.17) is 0 Å². The van der Waals surface area contributed by atoms with Crippen LogP contribution < -0.4 is 0 Å². The van der Waals surface area contributed by atoms with Crippen LogP contribution in [0.4, 0.5) is 0 Å². The molecule has 0 aliphatic carbocycles. The second-order valence-corrected chi connectivity index (χ2v) is 2.29. The lowest BCUT2D eigenvalue weighted by atomic mass is 10.4. The Morgan fingerprint density at radius 3 is 3.00 bits per heavy atom. The van der Waals surface area contributed by atoms with Crippen molar-refractivity contribution in [3.8, 4) is 12.0 Å². The van der Waals surface area contributed by atoms with Gasteiger partial charge in [-0.3, -0.25) is 9.69 Å². The average molecular weight is 137 g/mol. The molecule has 0 aromatic heterocycles. The fourth-order valence-electron chi connectivity index (χ4n) is 0.941. The second kappa shape index (κ2) is 3.26. The van der Waals surface area contributed by atoms with Crippen molar-refractivity contribution in [2.45, 2.75) is 26.2 Å². The Labute approximate surface area is 61.2 Å². The Morgan fingerprint density at radius 1 is 1.70 bits per heavy atom. The van der Waals surface area contributed by atoms with E-state index in [1.807, 2.05) is 6.92 Å². The van der Waals surface area contributed by atoms with Crippen LogP contribution in [0.25, 0.3) is 0 Å². The lowest BCUT2D eigenvalue weighted by Crippen LogP contribution is -2.17. The molecule has 2 heteroatoms. The fraction of sp³-hybridized carbons (Fsp3) is 0.625. The number of likely N-dealkylation sites (tertiary alicyclic amines) is 1. The highest BCUT2D eigenvalue weighted by atomic mass is 16.2. The van der Waals surface area contributed by atoms with Crippen LogP contribution in [0, 0.1) is 12.0 Å². The first-order valence-electron chi connectivity index (χ1n) is 3.63. The molecule has 1 heterocycles. The molecule has 1 aliphatic rings. The standard InChI is InChI=1S/C8H11NO/c1-2-3-6-9-7-4-5-8(9)10/h2,4-5,7H2,1H3. The van der Waals surface area contributed by atoms with Crippen LogP contribution in [0.5, 0.6) is 0 Å². The van der Waals surface area contributed by atoms with Crippen molar-refractivity contribution in [3.63, 3.8) is 0 Å². The molecular formula is C8H11NO. The third-order valence-electron chi connectivity index (χ3n) is 1.46. The Bertz CT molecular complexity index is 187. The molecule has 10 heavy (non-hydrogen) atoms. The molecule has 54 valence electrons. The Balaban J connectivity index is 2.48. The maximum Gasteiger partial charge on any atom is 0.234 e. The zero-order chi connectivity index (χ0) is 7.40. The van der Waals surface area contributed by atoms with E-state index >= 15 is 0 Å². The quantitative estimate of drug-likeness (QED) is 0.456. The number of carbonyl (C=O) groups excluding carboxylic acids is 1. The number of nitrogens with zero attached hydrogens (tertiary/aromatic N) is 1. The number of amides is 1. The van der Waals surface area contributed by atoms with Gasteiger partial charge in [0, 0.05) is 25.4 Å². The SMILES string of the molecule is CCC#CN1CCCC1=O. The first kappa shape index (κ1) is 7.14. The minimum Gasteiger partial charge on any atom is -0.274 e. The highest BCUT2D eigenvalue weighted by Gasteiger charge is 2.17. The topological polar surface area (TPSA) is 20.3 Å². The zero-order valence-corrected chi connectivity index (χ0v) is 6.18. The first-order chi connectivity index (χ1) is 4.84. The van der Waals surface area contributed by atoms with Crippen molar-refractivity contribution >= 4 is 5.91 Å². The highest BCUT2D eigenvalue weighted by molar-refractivity contribution is 5.79. The van der Waals surface area contributed by atoms with E-state index in [0.717, 1.165) is 19.4 Å². The zero-order valence-electron chi connectivity index (χ0n) is 6.18. The van der Waals surface area contributed by atoms with E-state index in [9.17, 15) is 4.79 Å². The highest BCUT2D eigenvalue weighted by Crippen LogP contribution is 2.06. The smallest absolute Gasteiger partial charge is 0.234 e. The summed E-state index contributed by atoms with van der Waals surface area (Å²) >= 11 is 0. The lowest BCUT2D eigenvalue weighted by Gasteiger charge is -2.02. The van der Waals surface area contributed by atoms with Gasteiger partial charge in [0.2, 0.25) is 5.91 Å². The maximum absolute atomic E-state index is 10.9. The summed E-state index contributed by atoms with van der Waals surface area (Å²) in [5.41, 5.74) is 0.